The van der Waals surface area contributed by atoms with Crippen molar-refractivity contribution in [1.82, 2.24) is 0 Å². The normalized spacial score (nSPS) is 15.8. The van der Waals surface area contributed by atoms with Crippen molar-refractivity contribution in [2.75, 3.05) is 13.2 Å². The molecule has 2 N–H and O–H groups in total. The van der Waals surface area contributed by atoms with Crippen molar-refractivity contribution >= 4 is 11.6 Å². The van der Waals surface area contributed by atoms with Gasteiger partial charge in [0.05, 0.1) is 25.5 Å². The first-order valence-corrected chi connectivity index (χ1v) is 6.92. The number of benzene rings is 1. The second-order valence-electron chi connectivity index (χ2n) is 4.84. The summed E-state index contributed by atoms with van der Waals surface area (Å²) in [4.78, 5) is 0. The minimum Gasteiger partial charge on any atom is -0.490 e. The standard InChI is InChI=1S/C15H16ClNO3/c1-9-5-10(8-20-9)15(17)11-6-13-14(7-12(11)16)19-4-2-3-18-13/h5-8,15H,2-4,17H2,1H3. The zero-order valence-electron chi connectivity index (χ0n) is 11.2. The molecule has 5 heteroatoms. The van der Waals surface area contributed by atoms with Crippen LogP contribution >= 0.6 is 11.6 Å². The SMILES string of the molecule is Cc1cc(C(N)c2cc3c(cc2Cl)OCCCO3)co1. The van der Waals surface area contributed by atoms with Crippen LogP contribution in [0.2, 0.25) is 5.02 Å². The highest BCUT2D eigenvalue weighted by Crippen LogP contribution is 2.38. The van der Waals surface area contributed by atoms with Gasteiger partial charge in [-0.05, 0) is 24.6 Å². The monoisotopic (exact) mass is 293 g/mol. The molecule has 1 atom stereocenters. The topological polar surface area (TPSA) is 57.6 Å². The maximum Gasteiger partial charge on any atom is 0.162 e. The summed E-state index contributed by atoms with van der Waals surface area (Å²) >= 11 is 6.32. The Balaban J connectivity index is 1.99. The Bertz CT molecular complexity index is 624. The van der Waals surface area contributed by atoms with Gasteiger partial charge in [-0.25, -0.2) is 0 Å². The summed E-state index contributed by atoms with van der Waals surface area (Å²) in [5.74, 6) is 2.19. The molecule has 0 radical (unpaired) electrons. The van der Waals surface area contributed by atoms with Crippen molar-refractivity contribution in [3.05, 3.63) is 46.4 Å². The first kappa shape index (κ1) is 13.3. The number of aryl methyl sites for hydroxylation is 1. The molecule has 0 fully saturated rings. The number of rotatable bonds is 2. The van der Waals surface area contributed by atoms with Gasteiger partial charge in [0.25, 0.3) is 0 Å². The molecule has 0 bridgehead atoms. The molecular weight excluding hydrogens is 278 g/mol. The Morgan fingerprint density at radius 1 is 1.15 bits per heavy atom. The summed E-state index contributed by atoms with van der Waals surface area (Å²) in [5.41, 5.74) is 7.95. The fourth-order valence-electron chi connectivity index (χ4n) is 2.24. The molecule has 0 spiro atoms. The highest BCUT2D eigenvalue weighted by Gasteiger charge is 2.20. The van der Waals surface area contributed by atoms with Crippen molar-refractivity contribution in [2.45, 2.75) is 19.4 Å². The summed E-state index contributed by atoms with van der Waals surface area (Å²) in [6.07, 6.45) is 2.51. The molecule has 2 heterocycles. The number of hydrogen-bond acceptors (Lipinski definition) is 4. The third-order valence-electron chi connectivity index (χ3n) is 3.31. The Kier molecular flexibility index (Phi) is 3.59. The summed E-state index contributed by atoms with van der Waals surface area (Å²) < 4.78 is 16.6. The molecule has 20 heavy (non-hydrogen) atoms. The number of fused-ring (bicyclic) bond motifs is 1. The molecule has 106 valence electrons. The quantitative estimate of drug-likeness (QED) is 0.921. The van der Waals surface area contributed by atoms with Crippen molar-refractivity contribution in [2.24, 2.45) is 5.73 Å². The first-order valence-electron chi connectivity index (χ1n) is 6.55. The summed E-state index contributed by atoms with van der Waals surface area (Å²) in [7, 11) is 0. The van der Waals surface area contributed by atoms with E-state index >= 15 is 0 Å². The van der Waals surface area contributed by atoms with Gasteiger partial charge < -0.3 is 19.6 Å². The van der Waals surface area contributed by atoms with Crippen molar-refractivity contribution in [1.29, 1.82) is 0 Å². The van der Waals surface area contributed by atoms with Gasteiger partial charge in [-0.15, -0.1) is 0 Å². The molecule has 1 unspecified atom stereocenters. The lowest BCUT2D eigenvalue weighted by atomic mass is 10.0. The van der Waals surface area contributed by atoms with E-state index in [2.05, 4.69) is 0 Å². The lowest BCUT2D eigenvalue weighted by Gasteiger charge is -2.15. The number of hydrogen-bond donors (Lipinski definition) is 1. The largest absolute Gasteiger partial charge is 0.490 e. The van der Waals surface area contributed by atoms with Crippen LogP contribution in [0.15, 0.2) is 28.9 Å². The van der Waals surface area contributed by atoms with Crippen LogP contribution in [-0.4, -0.2) is 13.2 Å². The molecule has 1 aromatic carbocycles. The van der Waals surface area contributed by atoms with Crippen LogP contribution in [0, 0.1) is 6.92 Å². The van der Waals surface area contributed by atoms with Gasteiger partial charge >= 0.3 is 0 Å². The van der Waals surface area contributed by atoms with E-state index in [9.17, 15) is 0 Å². The van der Waals surface area contributed by atoms with E-state index in [1.807, 2.05) is 19.1 Å². The molecule has 0 saturated heterocycles. The molecule has 3 rings (SSSR count). The second kappa shape index (κ2) is 5.38. The highest BCUT2D eigenvalue weighted by atomic mass is 35.5. The summed E-state index contributed by atoms with van der Waals surface area (Å²) in [6, 6.07) is 5.18. The van der Waals surface area contributed by atoms with Crippen LogP contribution in [0.5, 0.6) is 11.5 Å². The maximum absolute atomic E-state index is 6.32. The van der Waals surface area contributed by atoms with Gasteiger partial charge in [0.2, 0.25) is 0 Å². The van der Waals surface area contributed by atoms with Crippen molar-refractivity contribution in [3.8, 4) is 11.5 Å². The number of nitrogens with two attached hydrogens (primary N) is 1. The average molecular weight is 294 g/mol. The van der Waals surface area contributed by atoms with Gasteiger partial charge in [-0.2, -0.15) is 0 Å². The molecule has 1 aromatic heterocycles. The van der Waals surface area contributed by atoms with Crippen molar-refractivity contribution in [3.63, 3.8) is 0 Å². The van der Waals surface area contributed by atoms with E-state index < -0.39 is 0 Å². The molecule has 1 aliphatic heterocycles. The van der Waals surface area contributed by atoms with E-state index in [0.29, 0.717) is 29.7 Å². The molecule has 1 aliphatic rings. The van der Waals surface area contributed by atoms with Gasteiger partial charge in [-0.1, -0.05) is 11.6 Å². The smallest absolute Gasteiger partial charge is 0.162 e. The Labute approximate surface area is 122 Å². The minimum atomic E-state index is -0.350. The third-order valence-corrected chi connectivity index (χ3v) is 3.64. The fraction of sp³-hybridized carbons (Fsp3) is 0.333. The minimum absolute atomic E-state index is 0.350. The third kappa shape index (κ3) is 2.49. The first-order chi connectivity index (χ1) is 9.65. The van der Waals surface area contributed by atoms with E-state index in [0.717, 1.165) is 23.3 Å². The Morgan fingerprint density at radius 2 is 1.85 bits per heavy atom. The predicted octanol–water partition coefficient (Wildman–Crippen LogP) is 3.45. The van der Waals surface area contributed by atoms with Gasteiger partial charge in [-0.3, -0.25) is 0 Å². The van der Waals surface area contributed by atoms with E-state index in [1.54, 1.807) is 12.3 Å². The second-order valence-corrected chi connectivity index (χ2v) is 5.25. The maximum atomic E-state index is 6.32. The predicted molar refractivity (Wildman–Crippen MR) is 76.5 cm³/mol. The molecule has 0 aliphatic carbocycles. The van der Waals surface area contributed by atoms with Crippen LogP contribution in [0.1, 0.15) is 29.3 Å². The Morgan fingerprint density at radius 3 is 2.50 bits per heavy atom. The van der Waals surface area contributed by atoms with Crippen LogP contribution < -0.4 is 15.2 Å². The van der Waals surface area contributed by atoms with Crippen LogP contribution in [0.25, 0.3) is 0 Å². The van der Waals surface area contributed by atoms with Crippen LogP contribution in [0.3, 0.4) is 0 Å². The number of ether oxygens (including phenoxy) is 2. The molecule has 2 aromatic rings. The average Bonchev–Trinajstić information content (AvgIpc) is 2.73. The molecule has 0 saturated carbocycles. The van der Waals surface area contributed by atoms with Crippen LogP contribution in [-0.2, 0) is 0 Å². The van der Waals surface area contributed by atoms with E-state index in [1.165, 1.54) is 0 Å². The zero-order valence-corrected chi connectivity index (χ0v) is 11.9. The molecular formula is C15H16ClNO3. The highest BCUT2D eigenvalue weighted by molar-refractivity contribution is 6.31. The Hall–Kier alpha value is -1.65. The molecule has 4 nitrogen and oxygen atoms in total. The van der Waals surface area contributed by atoms with Gasteiger partial charge in [0.1, 0.15) is 5.76 Å². The fourth-order valence-corrected chi connectivity index (χ4v) is 2.52. The number of furan rings is 1. The van der Waals surface area contributed by atoms with Gasteiger partial charge in [0, 0.05) is 23.1 Å². The lowest BCUT2D eigenvalue weighted by molar-refractivity contribution is 0.297. The number of halogens is 1. The zero-order chi connectivity index (χ0) is 14.1. The summed E-state index contributed by atoms with van der Waals surface area (Å²) in [5, 5.41) is 0.570. The van der Waals surface area contributed by atoms with E-state index in [-0.39, 0.29) is 6.04 Å². The summed E-state index contributed by atoms with van der Waals surface area (Å²) in [6.45, 7) is 3.15. The lowest BCUT2D eigenvalue weighted by Crippen LogP contribution is -2.12. The van der Waals surface area contributed by atoms with E-state index in [4.69, 9.17) is 31.2 Å². The van der Waals surface area contributed by atoms with Crippen molar-refractivity contribution < 1.29 is 13.9 Å². The molecule has 0 amide bonds. The van der Waals surface area contributed by atoms with Gasteiger partial charge in [0.15, 0.2) is 11.5 Å². The van der Waals surface area contributed by atoms with Crippen LogP contribution in [0.4, 0.5) is 0 Å².